The normalized spacial score (nSPS) is 10.1. The van der Waals surface area contributed by atoms with Crippen molar-refractivity contribution in [3.8, 4) is 0 Å². The predicted molar refractivity (Wildman–Crippen MR) is 75.3 cm³/mol. The van der Waals surface area contributed by atoms with E-state index in [1.54, 1.807) is 18.3 Å². The summed E-state index contributed by atoms with van der Waals surface area (Å²) in [6.45, 7) is 0.269. The van der Waals surface area contributed by atoms with Gasteiger partial charge in [-0.2, -0.15) is 0 Å². The Morgan fingerprint density at radius 1 is 1.20 bits per heavy atom. The zero-order chi connectivity index (χ0) is 14.2. The van der Waals surface area contributed by atoms with E-state index in [0.717, 1.165) is 11.1 Å². The number of hydrogen-bond acceptors (Lipinski definition) is 4. The highest BCUT2D eigenvalue weighted by molar-refractivity contribution is 5.83. The predicted octanol–water partition coefficient (Wildman–Crippen LogP) is 2.37. The second-order valence-electron chi connectivity index (χ2n) is 4.21. The van der Waals surface area contributed by atoms with Gasteiger partial charge in [0.05, 0.1) is 0 Å². The Kier molecular flexibility index (Phi) is 5.08. The van der Waals surface area contributed by atoms with E-state index in [0.29, 0.717) is 12.2 Å². The number of nitrogens with one attached hydrogen (secondary N) is 1. The van der Waals surface area contributed by atoms with Crippen LogP contribution < -0.4 is 5.32 Å². The maximum atomic E-state index is 11.6. The summed E-state index contributed by atoms with van der Waals surface area (Å²) in [7, 11) is 0. The monoisotopic (exact) mass is 272 g/mol. The van der Waals surface area contributed by atoms with Crippen LogP contribution in [0.2, 0.25) is 0 Å². The van der Waals surface area contributed by atoms with Gasteiger partial charge in [0.25, 0.3) is 0 Å². The number of aliphatic hydroxyl groups excluding tert-OH is 1. The molecule has 0 bridgehead atoms. The smallest absolute Gasteiger partial charge is 0.413 e. The largest absolute Gasteiger partial charge is 0.444 e. The lowest BCUT2D eigenvalue weighted by Crippen LogP contribution is -2.14. The van der Waals surface area contributed by atoms with Crippen molar-refractivity contribution < 1.29 is 14.6 Å². The van der Waals surface area contributed by atoms with E-state index < -0.39 is 6.09 Å². The van der Waals surface area contributed by atoms with Gasteiger partial charge in [-0.25, -0.2) is 9.78 Å². The van der Waals surface area contributed by atoms with Gasteiger partial charge >= 0.3 is 6.09 Å². The van der Waals surface area contributed by atoms with Crippen LogP contribution in [-0.4, -0.2) is 22.8 Å². The first-order chi connectivity index (χ1) is 9.78. The maximum Gasteiger partial charge on any atom is 0.413 e. The molecule has 2 rings (SSSR count). The van der Waals surface area contributed by atoms with Crippen molar-refractivity contribution in [3.63, 3.8) is 0 Å². The van der Waals surface area contributed by atoms with Gasteiger partial charge in [-0.3, -0.25) is 5.32 Å². The van der Waals surface area contributed by atoms with Gasteiger partial charge in [0.2, 0.25) is 0 Å². The lowest BCUT2D eigenvalue weighted by Gasteiger charge is -2.07. The Hall–Kier alpha value is -2.40. The number of aromatic nitrogens is 1. The van der Waals surface area contributed by atoms with Crippen LogP contribution in [0.5, 0.6) is 0 Å². The standard InChI is InChI=1S/C15H16N2O3/c18-9-7-12-6-8-16-14(10-12)17-15(19)20-11-13-4-2-1-3-5-13/h1-6,8,10,18H,7,9,11H2,(H,16,17,19). The number of amides is 1. The highest BCUT2D eigenvalue weighted by Gasteiger charge is 2.05. The molecule has 0 saturated heterocycles. The highest BCUT2D eigenvalue weighted by atomic mass is 16.5. The Morgan fingerprint density at radius 3 is 2.75 bits per heavy atom. The van der Waals surface area contributed by atoms with Crippen molar-refractivity contribution in [2.24, 2.45) is 0 Å². The number of carbonyl (C=O) groups excluding carboxylic acids is 1. The van der Waals surface area contributed by atoms with Gasteiger partial charge in [0.1, 0.15) is 12.4 Å². The van der Waals surface area contributed by atoms with E-state index in [9.17, 15) is 4.79 Å². The molecule has 0 aliphatic heterocycles. The van der Waals surface area contributed by atoms with Crippen LogP contribution in [0.15, 0.2) is 48.7 Å². The average molecular weight is 272 g/mol. The van der Waals surface area contributed by atoms with E-state index in [1.807, 2.05) is 30.3 Å². The molecule has 0 fully saturated rings. The molecule has 0 aliphatic carbocycles. The number of pyridine rings is 1. The lowest BCUT2D eigenvalue weighted by atomic mass is 10.2. The van der Waals surface area contributed by atoms with Gasteiger partial charge in [0.15, 0.2) is 0 Å². The number of benzene rings is 1. The number of rotatable bonds is 5. The van der Waals surface area contributed by atoms with Crippen molar-refractivity contribution in [1.82, 2.24) is 4.98 Å². The maximum absolute atomic E-state index is 11.6. The number of hydrogen-bond donors (Lipinski definition) is 2. The second-order valence-corrected chi connectivity index (χ2v) is 4.21. The van der Waals surface area contributed by atoms with E-state index in [-0.39, 0.29) is 13.2 Å². The van der Waals surface area contributed by atoms with Crippen LogP contribution in [0.4, 0.5) is 10.6 Å². The number of carbonyl (C=O) groups is 1. The molecule has 0 unspecified atom stereocenters. The number of ether oxygens (including phenoxy) is 1. The summed E-state index contributed by atoms with van der Waals surface area (Å²) in [6.07, 6.45) is 1.55. The highest BCUT2D eigenvalue weighted by Crippen LogP contribution is 2.08. The Balaban J connectivity index is 1.86. The van der Waals surface area contributed by atoms with Gasteiger partial charge < -0.3 is 9.84 Å². The third-order valence-electron chi connectivity index (χ3n) is 2.67. The first-order valence-electron chi connectivity index (χ1n) is 6.31. The van der Waals surface area contributed by atoms with E-state index in [2.05, 4.69) is 10.3 Å². The fourth-order valence-corrected chi connectivity index (χ4v) is 1.69. The molecular formula is C15H16N2O3. The molecule has 0 spiro atoms. The van der Waals surface area contributed by atoms with Crippen LogP contribution >= 0.6 is 0 Å². The summed E-state index contributed by atoms with van der Waals surface area (Å²) in [5.41, 5.74) is 1.82. The molecule has 2 aromatic rings. The van der Waals surface area contributed by atoms with Gasteiger partial charge in [0, 0.05) is 12.8 Å². The van der Waals surface area contributed by atoms with E-state index in [4.69, 9.17) is 9.84 Å². The molecule has 5 heteroatoms. The first-order valence-corrected chi connectivity index (χ1v) is 6.31. The summed E-state index contributed by atoms with van der Waals surface area (Å²) >= 11 is 0. The SMILES string of the molecule is O=C(Nc1cc(CCO)ccn1)OCc1ccccc1. The minimum atomic E-state index is -0.553. The number of nitrogens with zero attached hydrogens (tertiary/aromatic N) is 1. The Labute approximate surface area is 117 Å². The molecule has 5 nitrogen and oxygen atoms in total. The third-order valence-corrected chi connectivity index (χ3v) is 2.67. The molecule has 1 aromatic carbocycles. The molecule has 20 heavy (non-hydrogen) atoms. The van der Waals surface area contributed by atoms with Gasteiger partial charge in [-0.15, -0.1) is 0 Å². The van der Waals surface area contributed by atoms with Crippen molar-refractivity contribution in [3.05, 3.63) is 59.8 Å². The fraction of sp³-hybridized carbons (Fsp3) is 0.200. The summed E-state index contributed by atoms with van der Waals surface area (Å²) in [5.74, 6) is 0.411. The fourth-order valence-electron chi connectivity index (χ4n) is 1.69. The quantitative estimate of drug-likeness (QED) is 0.876. The molecule has 2 N–H and O–H groups in total. The first kappa shape index (κ1) is 14.0. The zero-order valence-electron chi connectivity index (χ0n) is 11.0. The van der Waals surface area contributed by atoms with Crippen molar-refractivity contribution >= 4 is 11.9 Å². The van der Waals surface area contributed by atoms with Crippen molar-refractivity contribution in [2.75, 3.05) is 11.9 Å². The molecule has 0 saturated carbocycles. The second kappa shape index (κ2) is 7.25. The molecule has 104 valence electrons. The molecule has 1 amide bonds. The Morgan fingerprint density at radius 2 is 2.00 bits per heavy atom. The van der Waals surface area contributed by atoms with Crippen molar-refractivity contribution in [1.29, 1.82) is 0 Å². The van der Waals surface area contributed by atoms with Gasteiger partial charge in [-0.05, 0) is 29.7 Å². The van der Waals surface area contributed by atoms with Crippen molar-refractivity contribution in [2.45, 2.75) is 13.0 Å². The summed E-state index contributed by atoms with van der Waals surface area (Å²) < 4.78 is 5.09. The van der Waals surface area contributed by atoms with Crippen LogP contribution in [-0.2, 0) is 17.8 Å². The summed E-state index contributed by atoms with van der Waals surface area (Å²) in [5, 5.41) is 11.4. The Bertz CT molecular complexity index is 558. The van der Waals surface area contributed by atoms with Crippen LogP contribution in [0.1, 0.15) is 11.1 Å². The number of aliphatic hydroxyl groups is 1. The zero-order valence-corrected chi connectivity index (χ0v) is 11.0. The van der Waals surface area contributed by atoms with Crippen LogP contribution in [0, 0.1) is 0 Å². The number of anilines is 1. The molecule has 0 atom stereocenters. The molecule has 1 aromatic heterocycles. The molecule has 0 aliphatic rings. The lowest BCUT2D eigenvalue weighted by molar-refractivity contribution is 0.155. The molecule has 1 heterocycles. The molecular weight excluding hydrogens is 256 g/mol. The average Bonchev–Trinajstić information content (AvgIpc) is 2.47. The van der Waals surface area contributed by atoms with Crippen LogP contribution in [0.3, 0.4) is 0 Å². The third kappa shape index (κ3) is 4.37. The van der Waals surface area contributed by atoms with Crippen LogP contribution in [0.25, 0.3) is 0 Å². The summed E-state index contributed by atoms with van der Waals surface area (Å²) in [4.78, 5) is 15.7. The van der Waals surface area contributed by atoms with E-state index in [1.165, 1.54) is 0 Å². The molecule has 0 radical (unpaired) electrons. The topological polar surface area (TPSA) is 71.5 Å². The van der Waals surface area contributed by atoms with Gasteiger partial charge in [-0.1, -0.05) is 30.3 Å². The minimum Gasteiger partial charge on any atom is -0.444 e. The van der Waals surface area contributed by atoms with E-state index >= 15 is 0 Å². The summed E-state index contributed by atoms with van der Waals surface area (Å²) in [6, 6.07) is 12.9. The minimum absolute atomic E-state index is 0.0574.